The number of aryl methyl sites for hydroxylation is 1. The van der Waals surface area contributed by atoms with Gasteiger partial charge in [0.05, 0.1) is 12.6 Å². The van der Waals surface area contributed by atoms with Crippen molar-refractivity contribution in [2.45, 2.75) is 44.7 Å². The topological polar surface area (TPSA) is 91.9 Å². The van der Waals surface area contributed by atoms with Crippen LogP contribution in [0.4, 0.5) is 14.0 Å². The third kappa shape index (κ3) is 4.20. The van der Waals surface area contributed by atoms with Crippen LogP contribution in [-0.2, 0) is 9.47 Å². The van der Waals surface area contributed by atoms with Gasteiger partial charge < -0.3 is 20.1 Å². The first-order chi connectivity index (χ1) is 12.9. The first-order valence-electron chi connectivity index (χ1n) is 8.93. The number of nitrogens with zero attached hydrogens (tertiary/aromatic N) is 1. The lowest BCUT2D eigenvalue weighted by Crippen LogP contribution is -2.71. The van der Waals surface area contributed by atoms with Crippen LogP contribution in [0, 0.1) is 12.7 Å². The Kier molecular flexibility index (Phi) is 5.93. The summed E-state index contributed by atoms with van der Waals surface area (Å²) in [7, 11) is 1.52. The predicted molar refractivity (Wildman–Crippen MR) is 95.4 cm³/mol. The van der Waals surface area contributed by atoms with E-state index in [1.54, 1.807) is 19.1 Å². The molecule has 9 heteroatoms. The summed E-state index contributed by atoms with van der Waals surface area (Å²) in [5.41, 5.74) is 1.39. The van der Waals surface area contributed by atoms with Crippen molar-refractivity contribution in [3.63, 3.8) is 0 Å². The number of imide groups is 1. The number of carbonyl (C=O) groups excluding carboxylic acids is 2. The Morgan fingerprint density at radius 2 is 2.04 bits per heavy atom. The number of hydrogen-bond donors (Lipinski definition) is 3. The van der Waals surface area contributed by atoms with Crippen LogP contribution in [0.15, 0.2) is 18.2 Å². The van der Waals surface area contributed by atoms with Crippen molar-refractivity contribution in [2.75, 3.05) is 20.3 Å². The minimum absolute atomic E-state index is 0.323. The van der Waals surface area contributed by atoms with E-state index >= 15 is 0 Å². The van der Waals surface area contributed by atoms with Crippen molar-refractivity contribution in [3.8, 4) is 0 Å². The Morgan fingerprint density at radius 3 is 2.70 bits per heavy atom. The molecule has 4 amide bonds. The second kappa shape index (κ2) is 8.20. The summed E-state index contributed by atoms with van der Waals surface area (Å²) in [6, 6.07) is 2.95. The first kappa shape index (κ1) is 19.5. The summed E-state index contributed by atoms with van der Waals surface area (Å²) < 4.78 is 24.8. The van der Waals surface area contributed by atoms with Gasteiger partial charge in [-0.05, 0) is 26.3 Å². The van der Waals surface area contributed by atoms with Crippen LogP contribution in [0.25, 0.3) is 0 Å². The standard InChI is InChI=1S/C18H25FN4O4/c1-10-4-5-13(19)12(8-10)11(2)20-16-21-17(24)23(18(25)22-16)14-6-7-27-9-15(14)26-3/h4-5,8,11,14-16,20H,6-7,9H2,1-3H3,(H,21,24)(H,22,25)/t11-,14+,15+/m0/s1. The zero-order valence-corrected chi connectivity index (χ0v) is 15.6. The molecular weight excluding hydrogens is 355 g/mol. The Morgan fingerprint density at radius 1 is 1.33 bits per heavy atom. The zero-order chi connectivity index (χ0) is 19.6. The molecular formula is C18H25FN4O4. The molecule has 1 aromatic rings. The zero-order valence-electron chi connectivity index (χ0n) is 15.6. The van der Waals surface area contributed by atoms with Crippen molar-refractivity contribution in [2.24, 2.45) is 0 Å². The molecule has 0 aromatic heterocycles. The van der Waals surface area contributed by atoms with Gasteiger partial charge in [-0.2, -0.15) is 0 Å². The average molecular weight is 380 g/mol. The van der Waals surface area contributed by atoms with Gasteiger partial charge in [-0.1, -0.05) is 17.7 Å². The Labute approximate surface area is 157 Å². The number of urea groups is 2. The van der Waals surface area contributed by atoms with Gasteiger partial charge in [0.1, 0.15) is 11.9 Å². The molecule has 148 valence electrons. The van der Waals surface area contributed by atoms with E-state index in [1.165, 1.54) is 13.2 Å². The third-order valence-corrected chi connectivity index (χ3v) is 4.91. The summed E-state index contributed by atoms with van der Waals surface area (Å²) in [5, 5.41) is 8.42. The average Bonchev–Trinajstić information content (AvgIpc) is 2.63. The molecule has 3 rings (SSSR count). The van der Waals surface area contributed by atoms with Crippen LogP contribution in [0.5, 0.6) is 0 Å². The summed E-state index contributed by atoms with van der Waals surface area (Å²) in [4.78, 5) is 26.2. The summed E-state index contributed by atoms with van der Waals surface area (Å²) in [6.07, 6.45) is -0.681. The molecule has 2 aliphatic rings. The van der Waals surface area contributed by atoms with E-state index in [9.17, 15) is 14.0 Å². The van der Waals surface area contributed by atoms with Crippen LogP contribution >= 0.6 is 0 Å². The highest BCUT2D eigenvalue weighted by molar-refractivity contribution is 5.96. The molecule has 2 heterocycles. The van der Waals surface area contributed by atoms with Crippen LogP contribution in [-0.4, -0.2) is 55.7 Å². The quantitative estimate of drug-likeness (QED) is 0.722. The van der Waals surface area contributed by atoms with Gasteiger partial charge in [0, 0.05) is 25.3 Å². The lowest BCUT2D eigenvalue weighted by molar-refractivity contribution is -0.0677. The number of rotatable bonds is 5. The molecule has 1 aromatic carbocycles. The smallest absolute Gasteiger partial charge is 0.328 e. The summed E-state index contributed by atoms with van der Waals surface area (Å²) in [6.45, 7) is 4.41. The molecule has 0 aliphatic carbocycles. The van der Waals surface area contributed by atoms with Gasteiger partial charge in [0.25, 0.3) is 0 Å². The van der Waals surface area contributed by atoms with Gasteiger partial charge in [0.2, 0.25) is 0 Å². The summed E-state index contributed by atoms with van der Waals surface area (Å²) >= 11 is 0. The largest absolute Gasteiger partial charge is 0.379 e. The predicted octanol–water partition coefficient (Wildman–Crippen LogP) is 1.61. The maximum absolute atomic E-state index is 14.1. The second-order valence-corrected chi connectivity index (χ2v) is 6.82. The van der Waals surface area contributed by atoms with E-state index < -0.39 is 30.4 Å². The normalized spacial score (nSPS) is 25.1. The van der Waals surface area contributed by atoms with Crippen molar-refractivity contribution < 1.29 is 23.5 Å². The van der Waals surface area contributed by atoms with E-state index in [0.717, 1.165) is 10.5 Å². The second-order valence-electron chi connectivity index (χ2n) is 6.82. The minimum atomic E-state index is -0.808. The van der Waals surface area contributed by atoms with Gasteiger partial charge in [-0.15, -0.1) is 0 Å². The molecule has 0 saturated carbocycles. The molecule has 0 bridgehead atoms. The lowest BCUT2D eigenvalue weighted by atomic mass is 10.0. The van der Waals surface area contributed by atoms with Gasteiger partial charge in [0.15, 0.2) is 6.29 Å². The fraction of sp³-hybridized carbons (Fsp3) is 0.556. The Balaban J connectivity index is 1.67. The number of halogens is 1. The molecule has 8 nitrogen and oxygen atoms in total. The number of hydrogen-bond acceptors (Lipinski definition) is 5. The highest BCUT2D eigenvalue weighted by Crippen LogP contribution is 2.21. The molecule has 2 aliphatic heterocycles. The Bertz CT molecular complexity index is 699. The van der Waals surface area contributed by atoms with Crippen molar-refractivity contribution in [1.29, 1.82) is 0 Å². The van der Waals surface area contributed by atoms with E-state index in [2.05, 4.69) is 16.0 Å². The number of nitrogens with one attached hydrogen (secondary N) is 3. The molecule has 0 unspecified atom stereocenters. The van der Waals surface area contributed by atoms with Gasteiger partial charge in [-0.25, -0.2) is 18.9 Å². The SMILES string of the molecule is CO[C@@H]1COCC[C@H]1N1C(=O)NC(N[C@@H](C)c2cc(C)ccc2F)NC1=O. The molecule has 3 atom stereocenters. The van der Waals surface area contributed by atoms with Crippen LogP contribution in [0.1, 0.15) is 30.5 Å². The third-order valence-electron chi connectivity index (χ3n) is 4.91. The fourth-order valence-electron chi connectivity index (χ4n) is 3.45. The number of ether oxygens (including phenoxy) is 2. The molecule has 0 radical (unpaired) electrons. The van der Waals surface area contributed by atoms with E-state index in [1.807, 2.05) is 6.92 Å². The number of benzene rings is 1. The molecule has 2 saturated heterocycles. The van der Waals surface area contributed by atoms with Crippen LogP contribution in [0.3, 0.4) is 0 Å². The molecule has 3 N–H and O–H groups in total. The molecule has 0 spiro atoms. The monoisotopic (exact) mass is 380 g/mol. The minimum Gasteiger partial charge on any atom is -0.379 e. The highest BCUT2D eigenvalue weighted by Gasteiger charge is 2.41. The van der Waals surface area contributed by atoms with Gasteiger partial charge >= 0.3 is 12.1 Å². The van der Waals surface area contributed by atoms with Crippen LogP contribution in [0.2, 0.25) is 0 Å². The number of methoxy groups -OCH3 is 1. The van der Waals surface area contributed by atoms with Crippen molar-refractivity contribution >= 4 is 12.1 Å². The van der Waals surface area contributed by atoms with Crippen molar-refractivity contribution in [1.82, 2.24) is 20.9 Å². The maximum Gasteiger partial charge on any atom is 0.328 e. The number of carbonyl (C=O) groups is 2. The van der Waals surface area contributed by atoms with E-state index in [4.69, 9.17) is 9.47 Å². The molecule has 27 heavy (non-hydrogen) atoms. The summed E-state index contributed by atoms with van der Waals surface area (Å²) in [5.74, 6) is -0.346. The van der Waals surface area contributed by atoms with E-state index in [0.29, 0.717) is 25.2 Å². The fourth-order valence-corrected chi connectivity index (χ4v) is 3.45. The maximum atomic E-state index is 14.1. The van der Waals surface area contributed by atoms with Crippen LogP contribution < -0.4 is 16.0 Å². The highest BCUT2D eigenvalue weighted by atomic mass is 19.1. The van der Waals surface area contributed by atoms with Gasteiger partial charge in [-0.3, -0.25) is 5.32 Å². The number of amides is 4. The lowest BCUT2D eigenvalue weighted by Gasteiger charge is -2.41. The first-order valence-corrected chi connectivity index (χ1v) is 8.93. The molecule has 2 fully saturated rings. The Hall–Kier alpha value is -2.23. The van der Waals surface area contributed by atoms with Crippen molar-refractivity contribution in [3.05, 3.63) is 35.1 Å². The van der Waals surface area contributed by atoms with E-state index in [-0.39, 0.29) is 11.9 Å².